The second-order valence-corrected chi connectivity index (χ2v) is 6.28. The van der Waals surface area contributed by atoms with Gasteiger partial charge in [0.1, 0.15) is 0 Å². The van der Waals surface area contributed by atoms with Crippen molar-refractivity contribution < 1.29 is 4.79 Å². The Morgan fingerprint density at radius 3 is 2.33 bits per heavy atom. The van der Waals surface area contributed by atoms with Gasteiger partial charge in [0.2, 0.25) is 0 Å². The standard InChI is InChI=1S/C22H24N4O/c1-3-17-6-5-7-18(4-2)21(17)26-20-12-19(14-24-15-20)22(27)25-13-16-8-10-23-11-9-16/h5-12,14-15,26H,3-4,13H2,1-2H3,(H,25,27). The molecule has 0 aliphatic carbocycles. The third kappa shape index (κ3) is 4.70. The number of aryl methyl sites for hydroxylation is 2. The number of anilines is 2. The van der Waals surface area contributed by atoms with E-state index in [0.717, 1.165) is 29.8 Å². The number of nitrogens with one attached hydrogen (secondary N) is 2. The summed E-state index contributed by atoms with van der Waals surface area (Å²) in [4.78, 5) is 20.7. The van der Waals surface area contributed by atoms with Gasteiger partial charge in [-0.05, 0) is 47.7 Å². The predicted molar refractivity (Wildman–Crippen MR) is 108 cm³/mol. The lowest BCUT2D eigenvalue weighted by Crippen LogP contribution is -2.23. The van der Waals surface area contributed by atoms with Crippen LogP contribution < -0.4 is 10.6 Å². The highest BCUT2D eigenvalue weighted by molar-refractivity contribution is 5.94. The Hall–Kier alpha value is -3.21. The number of para-hydroxylation sites is 1. The van der Waals surface area contributed by atoms with E-state index in [2.05, 4.69) is 52.6 Å². The van der Waals surface area contributed by atoms with Crippen molar-refractivity contribution in [1.82, 2.24) is 15.3 Å². The second kappa shape index (κ2) is 8.94. The van der Waals surface area contributed by atoms with Crippen molar-refractivity contribution in [3.05, 3.63) is 83.4 Å². The molecule has 3 rings (SSSR count). The van der Waals surface area contributed by atoms with Crippen LogP contribution in [0, 0.1) is 0 Å². The lowest BCUT2D eigenvalue weighted by atomic mass is 10.0. The molecule has 2 heterocycles. The zero-order valence-corrected chi connectivity index (χ0v) is 15.7. The zero-order chi connectivity index (χ0) is 19.1. The van der Waals surface area contributed by atoms with Gasteiger partial charge in [0, 0.05) is 30.8 Å². The van der Waals surface area contributed by atoms with Crippen LogP contribution in [0.5, 0.6) is 0 Å². The number of hydrogen-bond donors (Lipinski definition) is 2. The van der Waals surface area contributed by atoms with Gasteiger partial charge in [0.25, 0.3) is 5.91 Å². The van der Waals surface area contributed by atoms with Crippen molar-refractivity contribution in [1.29, 1.82) is 0 Å². The molecule has 5 nitrogen and oxygen atoms in total. The smallest absolute Gasteiger partial charge is 0.253 e. The van der Waals surface area contributed by atoms with Gasteiger partial charge >= 0.3 is 0 Å². The highest BCUT2D eigenvalue weighted by Gasteiger charge is 2.10. The molecule has 0 bridgehead atoms. The number of amides is 1. The molecule has 3 aromatic rings. The van der Waals surface area contributed by atoms with Gasteiger partial charge in [-0.2, -0.15) is 0 Å². The van der Waals surface area contributed by atoms with Crippen molar-refractivity contribution in [3.63, 3.8) is 0 Å². The molecular weight excluding hydrogens is 336 g/mol. The molecule has 0 saturated carbocycles. The Labute approximate surface area is 159 Å². The maximum Gasteiger partial charge on any atom is 0.253 e. The first-order valence-electron chi connectivity index (χ1n) is 9.21. The molecule has 0 unspecified atom stereocenters. The fraction of sp³-hybridized carbons (Fsp3) is 0.227. The molecule has 0 fully saturated rings. The normalized spacial score (nSPS) is 10.4. The summed E-state index contributed by atoms with van der Waals surface area (Å²) in [7, 11) is 0. The number of rotatable bonds is 7. The van der Waals surface area contributed by atoms with Crippen LogP contribution in [0.2, 0.25) is 0 Å². The average molecular weight is 360 g/mol. The van der Waals surface area contributed by atoms with E-state index in [1.165, 1.54) is 11.1 Å². The number of nitrogens with zero attached hydrogens (tertiary/aromatic N) is 2. The van der Waals surface area contributed by atoms with Crippen molar-refractivity contribution in [2.45, 2.75) is 33.2 Å². The summed E-state index contributed by atoms with van der Waals surface area (Å²) in [6, 6.07) is 11.9. The van der Waals surface area contributed by atoms with E-state index in [0.29, 0.717) is 12.1 Å². The number of hydrogen-bond acceptors (Lipinski definition) is 4. The third-order valence-electron chi connectivity index (χ3n) is 4.47. The predicted octanol–water partition coefficient (Wildman–Crippen LogP) is 4.28. The van der Waals surface area contributed by atoms with Gasteiger partial charge in [-0.1, -0.05) is 32.0 Å². The lowest BCUT2D eigenvalue weighted by Gasteiger charge is -2.15. The van der Waals surface area contributed by atoms with Crippen LogP contribution in [-0.4, -0.2) is 15.9 Å². The molecule has 0 saturated heterocycles. The molecule has 0 aliphatic rings. The van der Waals surface area contributed by atoms with Crippen molar-refractivity contribution >= 4 is 17.3 Å². The van der Waals surface area contributed by atoms with Gasteiger partial charge in [-0.15, -0.1) is 0 Å². The van der Waals surface area contributed by atoms with Crippen LogP contribution >= 0.6 is 0 Å². The molecule has 5 heteroatoms. The fourth-order valence-corrected chi connectivity index (χ4v) is 2.96. The number of pyridine rings is 2. The van der Waals surface area contributed by atoms with Crippen molar-refractivity contribution in [3.8, 4) is 0 Å². The Morgan fingerprint density at radius 1 is 0.963 bits per heavy atom. The van der Waals surface area contributed by atoms with Crippen LogP contribution in [0.1, 0.15) is 40.9 Å². The molecule has 1 aromatic carbocycles. The minimum absolute atomic E-state index is 0.151. The Bertz CT molecular complexity index is 887. The third-order valence-corrected chi connectivity index (χ3v) is 4.47. The molecule has 0 spiro atoms. The van der Waals surface area contributed by atoms with Crippen LogP contribution in [0.15, 0.2) is 61.2 Å². The monoisotopic (exact) mass is 360 g/mol. The molecule has 27 heavy (non-hydrogen) atoms. The summed E-state index contributed by atoms with van der Waals surface area (Å²) in [5.41, 5.74) is 5.95. The van der Waals surface area contributed by atoms with Crippen LogP contribution in [0.25, 0.3) is 0 Å². The van der Waals surface area contributed by atoms with Gasteiger partial charge in [0.15, 0.2) is 0 Å². The van der Waals surface area contributed by atoms with E-state index in [-0.39, 0.29) is 5.91 Å². The van der Waals surface area contributed by atoms with Crippen LogP contribution in [-0.2, 0) is 19.4 Å². The summed E-state index contributed by atoms with van der Waals surface area (Å²) in [5, 5.41) is 6.38. The Kier molecular flexibility index (Phi) is 6.15. The summed E-state index contributed by atoms with van der Waals surface area (Å²) in [6.45, 7) is 4.74. The van der Waals surface area contributed by atoms with E-state index < -0.39 is 0 Å². The molecule has 2 N–H and O–H groups in total. The van der Waals surface area contributed by atoms with Gasteiger partial charge in [-0.25, -0.2) is 0 Å². The molecule has 138 valence electrons. The fourth-order valence-electron chi connectivity index (χ4n) is 2.96. The molecule has 0 aliphatic heterocycles. The Morgan fingerprint density at radius 2 is 1.67 bits per heavy atom. The summed E-state index contributed by atoms with van der Waals surface area (Å²) in [5.74, 6) is -0.151. The minimum Gasteiger partial charge on any atom is -0.354 e. The first-order valence-corrected chi connectivity index (χ1v) is 9.21. The second-order valence-electron chi connectivity index (χ2n) is 6.28. The summed E-state index contributed by atoms with van der Waals surface area (Å²) >= 11 is 0. The lowest BCUT2D eigenvalue weighted by molar-refractivity contribution is 0.0950. The summed E-state index contributed by atoms with van der Waals surface area (Å²) < 4.78 is 0. The van der Waals surface area contributed by atoms with Gasteiger partial charge in [-0.3, -0.25) is 14.8 Å². The minimum atomic E-state index is -0.151. The molecule has 2 aromatic heterocycles. The highest BCUT2D eigenvalue weighted by atomic mass is 16.1. The first kappa shape index (κ1) is 18.6. The average Bonchev–Trinajstić information content (AvgIpc) is 2.73. The molecule has 0 radical (unpaired) electrons. The number of carbonyl (C=O) groups excluding carboxylic acids is 1. The van der Waals surface area contributed by atoms with Crippen molar-refractivity contribution in [2.75, 3.05) is 5.32 Å². The van der Waals surface area contributed by atoms with E-state index in [9.17, 15) is 4.79 Å². The largest absolute Gasteiger partial charge is 0.354 e. The SMILES string of the molecule is CCc1cccc(CC)c1Nc1cncc(C(=O)NCc2ccncc2)c1. The molecule has 0 atom stereocenters. The van der Waals surface area contributed by atoms with E-state index in [1.807, 2.05) is 18.2 Å². The molecule has 1 amide bonds. The first-order chi connectivity index (χ1) is 13.2. The van der Waals surface area contributed by atoms with E-state index in [1.54, 1.807) is 24.8 Å². The Balaban J connectivity index is 1.75. The maximum absolute atomic E-state index is 12.5. The zero-order valence-electron chi connectivity index (χ0n) is 15.7. The van der Waals surface area contributed by atoms with Gasteiger partial charge in [0.05, 0.1) is 17.4 Å². The molecular formula is C22H24N4O. The summed E-state index contributed by atoms with van der Waals surface area (Å²) in [6.07, 6.45) is 8.63. The van der Waals surface area contributed by atoms with E-state index >= 15 is 0 Å². The number of carbonyl (C=O) groups is 1. The van der Waals surface area contributed by atoms with Crippen molar-refractivity contribution in [2.24, 2.45) is 0 Å². The maximum atomic E-state index is 12.5. The van der Waals surface area contributed by atoms with Crippen LogP contribution in [0.4, 0.5) is 11.4 Å². The number of benzene rings is 1. The number of aromatic nitrogens is 2. The topological polar surface area (TPSA) is 66.9 Å². The van der Waals surface area contributed by atoms with E-state index in [4.69, 9.17) is 0 Å². The quantitative estimate of drug-likeness (QED) is 0.660. The highest BCUT2D eigenvalue weighted by Crippen LogP contribution is 2.26. The van der Waals surface area contributed by atoms with Gasteiger partial charge < -0.3 is 10.6 Å². The van der Waals surface area contributed by atoms with Crippen LogP contribution in [0.3, 0.4) is 0 Å².